The van der Waals surface area contributed by atoms with E-state index in [-0.39, 0.29) is 21.7 Å². The van der Waals surface area contributed by atoms with Gasteiger partial charge in [-0.2, -0.15) is 0 Å². The summed E-state index contributed by atoms with van der Waals surface area (Å²) in [7, 11) is -0.543. The predicted molar refractivity (Wildman–Crippen MR) is 290 cm³/mol. The molecule has 1 saturated heterocycles. The van der Waals surface area contributed by atoms with Crippen LogP contribution in [0, 0.1) is 0 Å². The molecule has 3 heteroatoms. The lowest BCUT2D eigenvalue weighted by molar-refractivity contribution is 0.00578. The molecule has 0 saturated carbocycles. The molecule has 1 fully saturated rings. The quantitative estimate of drug-likeness (QED) is 0.149. The van der Waals surface area contributed by atoms with Gasteiger partial charge in [0, 0.05) is 0 Å². The normalized spacial score (nSPS) is 15.3. The monoisotopic (exact) mass is 885 g/mol. The molecule has 344 valence electrons. The van der Waals surface area contributed by atoms with Crippen LogP contribution < -0.4 is 5.46 Å². The second-order valence-corrected chi connectivity index (χ2v) is 24.3. The van der Waals surface area contributed by atoms with E-state index in [2.05, 4.69) is 262 Å². The van der Waals surface area contributed by atoms with Crippen molar-refractivity contribution in [2.45, 2.75) is 144 Å². The maximum Gasteiger partial charge on any atom is 0.494 e. The Morgan fingerprint density at radius 1 is 0.269 bits per heavy atom. The Labute approximate surface area is 404 Å². The van der Waals surface area contributed by atoms with Crippen molar-refractivity contribution in [3.05, 3.63) is 174 Å². The molecule has 0 spiro atoms. The van der Waals surface area contributed by atoms with Crippen molar-refractivity contribution in [3.8, 4) is 66.8 Å². The molecule has 0 N–H and O–H groups in total. The molecule has 67 heavy (non-hydrogen) atoms. The summed E-state index contributed by atoms with van der Waals surface area (Å²) in [6.45, 7) is 35.8. The lowest BCUT2D eigenvalue weighted by atomic mass is 9.76. The van der Waals surface area contributed by atoms with Gasteiger partial charge in [0.05, 0.1) is 11.2 Å². The van der Waals surface area contributed by atoms with Crippen molar-refractivity contribution in [1.82, 2.24) is 0 Å². The van der Waals surface area contributed by atoms with E-state index in [9.17, 15) is 0 Å². The van der Waals surface area contributed by atoms with Gasteiger partial charge in [0.25, 0.3) is 0 Å². The maximum absolute atomic E-state index is 6.84. The molecule has 8 rings (SSSR count). The Bertz CT molecular complexity index is 2540. The van der Waals surface area contributed by atoms with Gasteiger partial charge in [0.1, 0.15) is 0 Å². The zero-order valence-corrected chi connectivity index (χ0v) is 43.3. The SMILES string of the molecule is CC(C)(C)c1ccc(-c2cc(-c3ccc(C(C)(C)C)cc3)cc(-c3cc(B4OC(C)(C)C(C)(C)O4)cc(-c4cc(-c5ccc(C(C)(C)C)cc5)cc(-c5ccc(C(C)(C)C)cc5)c4)c3)c2)cc1. The van der Waals surface area contributed by atoms with Crippen LogP contribution in [0.2, 0.25) is 0 Å². The topological polar surface area (TPSA) is 18.5 Å². The van der Waals surface area contributed by atoms with E-state index < -0.39 is 18.3 Å². The molecule has 0 bridgehead atoms. The van der Waals surface area contributed by atoms with Crippen molar-refractivity contribution >= 4 is 12.6 Å². The lowest BCUT2D eigenvalue weighted by Gasteiger charge is -2.32. The number of rotatable bonds is 7. The minimum Gasteiger partial charge on any atom is -0.399 e. The van der Waals surface area contributed by atoms with Gasteiger partial charge in [-0.3, -0.25) is 0 Å². The second-order valence-electron chi connectivity index (χ2n) is 24.3. The molecule has 1 aliphatic heterocycles. The van der Waals surface area contributed by atoms with Crippen molar-refractivity contribution in [2.75, 3.05) is 0 Å². The van der Waals surface area contributed by atoms with Gasteiger partial charge in [0.15, 0.2) is 0 Å². The molecule has 0 radical (unpaired) electrons. The van der Waals surface area contributed by atoms with Crippen molar-refractivity contribution in [1.29, 1.82) is 0 Å². The minimum atomic E-state index is -0.543. The summed E-state index contributed by atoms with van der Waals surface area (Å²) in [4.78, 5) is 0. The Balaban J connectivity index is 1.35. The van der Waals surface area contributed by atoms with E-state index in [1.807, 2.05) is 0 Å². The summed E-state index contributed by atoms with van der Waals surface area (Å²) in [5.41, 5.74) is 19.5. The van der Waals surface area contributed by atoms with Crippen LogP contribution in [0.15, 0.2) is 152 Å². The largest absolute Gasteiger partial charge is 0.494 e. The molecule has 0 aliphatic carbocycles. The van der Waals surface area contributed by atoms with E-state index >= 15 is 0 Å². The molecule has 0 atom stereocenters. The highest BCUT2D eigenvalue weighted by atomic mass is 16.7. The molecule has 7 aromatic rings. The molecular formula is C64H73BO2. The van der Waals surface area contributed by atoms with E-state index in [1.165, 1.54) is 66.8 Å². The number of hydrogen-bond donors (Lipinski definition) is 0. The summed E-state index contributed by atoms with van der Waals surface area (Å²) in [5, 5.41) is 0. The first-order valence-electron chi connectivity index (χ1n) is 24.4. The Morgan fingerprint density at radius 3 is 0.642 bits per heavy atom. The van der Waals surface area contributed by atoms with Gasteiger partial charge < -0.3 is 9.31 Å². The second kappa shape index (κ2) is 17.2. The fraction of sp³-hybridized carbons (Fsp3) is 0.344. The van der Waals surface area contributed by atoms with Gasteiger partial charge in [-0.25, -0.2) is 0 Å². The van der Waals surface area contributed by atoms with E-state index in [0.29, 0.717) is 0 Å². The molecule has 7 aromatic carbocycles. The average Bonchev–Trinajstić information content (AvgIpc) is 3.50. The third kappa shape index (κ3) is 10.4. The molecule has 1 aliphatic rings. The number of benzene rings is 7. The standard InChI is InChI=1S/C64H73BO2/c1-59(2,3)54-25-17-42(18-26-54)46-33-47(43-19-27-55(28-20-43)60(4,5)6)36-50(35-46)52-39-53(41-58(40-52)65-66-63(13,14)64(15,16)67-65)51-37-48(44-21-29-56(30-22-44)61(7,8)9)34-49(38-51)45-23-31-57(32-24-45)62(10,11)12/h17-41H,1-16H3. The summed E-state index contributed by atoms with van der Waals surface area (Å²) >= 11 is 0. The molecule has 2 nitrogen and oxygen atoms in total. The first-order valence-corrected chi connectivity index (χ1v) is 24.4. The van der Waals surface area contributed by atoms with Crippen LogP contribution in [-0.4, -0.2) is 18.3 Å². The van der Waals surface area contributed by atoms with Crippen LogP contribution in [-0.2, 0) is 31.0 Å². The number of hydrogen-bond acceptors (Lipinski definition) is 2. The van der Waals surface area contributed by atoms with E-state index in [1.54, 1.807) is 0 Å². The highest BCUT2D eigenvalue weighted by Gasteiger charge is 2.52. The highest BCUT2D eigenvalue weighted by Crippen LogP contribution is 2.41. The highest BCUT2D eigenvalue weighted by molar-refractivity contribution is 6.62. The summed E-state index contributed by atoms with van der Waals surface area (Å²) in [5.74, 6) is 0. The van der Waals surface area contributed by atoms with Crippen LogP contribution in [0.3, 0.4) is 0 Å². The van der Waals surface area contributed by atoms with Gasteiger partial charge in [-0.15, -0.1) is 0 Å². The molecule has 1 heterocycles. The molecule has 0 amide bonds. The Hall–Kier alpha value is -5.48. The van der Waals surface area contributed by atoms with Crippen LogP contribution in [0.1, 0.15) is 133 Å². The van der Waals surface area contributed by atoms with Crippen LogP contribution in [0.25, 0.3) is 66.8 Å². The predicted octanol–water partition coefficient (Wildman–Crippen LogP) is 17.2. The van der Waals surface area contributed by atoms with Gasteiger partial charge in [-0.1, -0.05) is 192 Å². The summed E-state index contributed by atoms with van der Waals surface area (Å²) < 4.78 is 13.7. The zero-order valence-electron chi connectivity index (χ0n) is 43.3. The molecule has 0 aromatic heterocycles. The summed E-state index contributed by atoms with van der Waals surface area (Å²) in [6.07, 6.45) is 0. The Kier molecular flexibility index (Phi) is 12.4. The van der Waals surface area contributed by atoms with Crippen LogP contribution in [0.4, 0.5) is 0 Å². The van der Waals surface area contributed by atoms with Gasteiger partial charge in [-0.05, 0) is 186 Å². The molecule has 0 unspecified atom stereocenters. The van der Waals surface area contributed by atoms with E-state index in [4.69, 9.17) is 9.31 Å². The van der Waals surface area contributed by atoms with Crippen LogP contribution in [0.5, 0.6) is 0 Å². The smallest absolute Gasteiger partial charge is 0.399 e. The fourth-order valence-electron chi connectivity index (χ4n) is 9.01. The van der Waals surface area contributed by atoms with Crippen molar-refractivity contribution in [3.63, 3.8) is 0 Å². The van der Waals surface area contributed by atoms with E-state index in [0.717, 1.165) is 27.7 Å². The first kappa shape index (κ1) is 48.0. The van der Waals surface area contributed by atoms with Crippen LogP contribution >= 0.6 is 0 Å². The van der Waals surface area contributed by atoms with Gasteiger partial charge in [0.2, 0.25) is 0 Å². The third-order valence-electron chi connectivity index (χ3n) is 14.4. The first-order chi connectivity index (χ1) is 31.1. The maximum atomic E-state index is 6.84. The fourth-order valence-corrected chi connectivity index (χ4v) is 9.01. The zero-order chi connectivity index (χ0) is 48.5. The average molecular weight is 885 g/mol. The summed E-state index contributed by atoms with van der Waals surface area (Å²) in [6, 6.07) is 57.7. The lowest BCUT2D eigenvalue weighted by Crippen LogP contribution is -2.41. The minimum absolute atomic E-state index is 0.0631. The Morgan fingerprint density at radius 2 is 0.448 bits per heavy atom. The van der Waals surface area contributed by atoms with Crippen molar-refractivity contribution < 1.29 is 9.31 Å². The van der Waals surface area contributed by atoms with Gasteiger partial charge >= 0.3 is 7.12 Å². The van der Waals surface area contributed by atoms with Crippen molar-refractivity contribution in [2.24, 2.45) is 0 Å². The molecular weight excluding hydrogens is 812 g/mol. The third-order valence-corrected chi connectivity index (χ3v) is 14.4.